The van der Waals surface area contributed by atoms with Gasteiger partial charge in [-0.3, -0.25) is 0 Å². The van der Waals surface area contributed by atoms with Crippen LogP contribution in [-0.2, 0) is 6.42 Å². The van der Waals surface area contributed by atoms with Gasteiger partial charge in [0.25, 0.3) is 6.85 Å². The molecule has 0 aliphatic carbocycles. The Hall–Kier alpha value is -0.915. The van der Waals surface area contributed by atoms with Crippen LogP contribution in [0, 0.1) is 0 Å². The molecule has 2 heterocycles. The first-order valence-corrected chi connectivity index (χ1v) is 5.80. The third-order valence-electron chi connectivity index (χ3n) is 3.69. The lowest BCUT2D eigenvalue weighted by molar-refractivity contribution is 0.935. The van der Waals surface area contributed by atoms with E-state index in [1.807, 2.05) is 0 Å². The van der Waals surface area contributed by atoms with Crippen LogP contribution >= 0.6 is 0 Å². The van der Waals surface area contributed by atoms with Gasteiger partial charge < -0.3 is 4.81 Å². The molecular formula is C12H16BN. The molecule has 0 saturated carbocycles. The summed E-state index contributed by atoms with van der Waals surface area (Å²) in [6.07, 6.45) is 6.95. The van der Waals surface area contributed by atoms with Gasteiger partial charge in [-0.1, -0.05) is 43.7 Å². The van der Waals surface area contributed by atoms with Crippen molar-refractivity contribution in [2.75, 3.05) is 11.4 Å². The maximum atomic E-state index is 2.64. The van der Waals surface area contributed by atoms with Crippen LogP contribution in [0.15, 0.2) is 24.3 Å². The summed E-state index contributed by atoms with van der Waals surface area (Å²) in [4.78, 5) is 2.64. The van der Waals surface area contributed by atoms with E-state index < -0.39 is 0 Å². The predicted octanol–water partition coefficient (Wildman–Crippen LogP) is 2.83. The van der Waals surface area contributed by atoms with Crippen LogP contribution in [0.4, 0.5) is 5.69 Å². The van der Waals surface area contributed by atoms with Gasteiger partial charge in [0.05, 0.1) is 0 Å². The molecule has 0 radical (unpaired) electrons. The standard InChI is InChI=1S/C12H16BN/c1-2-6-12-11(5-1)7-10-14(12)13-8-3-4-9-13/h1-2,5-6H,3-4,7-10H2. The Morgan fingerprint density at radius 3 is 2.71 bits per heavy atom. The largest absolute Gasteiger partial charge is 0.414 e. The predicted molar refractivity (Wildman–Crippen MR) is 62.1 cm³/mol. The van der Waals surface area contributed by atoms with Crippen molar-refractivity contribution in [1.82, 2.24) is 0 Å². The topological polar surface area (TPSA) is 3.24 Å². The van der Waals surface area contributed by atoms with Crippen molar-refractivity contribution in [2.24, 2.45) is 0 Å². The Bertz CT molecular complexity index is 331. The zero-order valence-corrected chi connectivity index (χ0v) is 8.58. The van der Waals surface area contributed by atoms with E-state index in [9.17, 15) is 0 Å². The summed E-state index contributed by atoms with van der Waals surface area (Å²) >= 11 is 0. The molecule has 1 saturated heterocycles. The minimum atomic E-state index is 0.846. The highest BCUT2D eigenvalue weighted by Crippen LogP contribution is 2.33. The van der Waals surface area contributed by atoms with Crippen LogP contribution in [0.1, 0.15) is 18.4 Å². The Morgan fingerprint density at radius 1 is 1.07 bits per heavy atom. The Labute approximate surface area is 86.2 Å². The first kappa shape index (κ1) is 8.40. The van der Waals surface area contributed by atoms with E-state index in [2.05, 4.69) is 29.1 Å². The maximum Gasteiger partial charge on any atom is 0.254 e. The molecule has 0 bridgehead atoms. The monoisotopic (exact) mass is 185 g/mol. The summed E-state index contributed by atoms with van der Waals surface area (Å²) in [6, 6.07) is 8.91. The van der Waals surface area contributed by atoms with Gasteiger partial charge in [0.2, 0.25) is 0 Å². The minimum absolute atomic E-state index is 0.846. The molecule has 0 unspecified atom stereocenters. The van der Waals surface area contributed by atoms with Crippen molar-refractivity contribution in [1.29, 1.82) is 0 Å². The number of fused-ring (bicyclic) bond motifs is 1. The molecule has 3 rings (SSSR count). The lowest BCUT2D eigenvalue weighted by atomic mass is 9.58. The van der Waals surface area contributed by atoms with E-state index in [0.29, 0.717) is 0 Å². The van der Waals surface area contributed by atoms with E-state index in [1.165, 1.54) is 44.1 Å². The van der Waals surface area contributed by atoms with Gasteiger partial charge in [-0.05, 0) is 18.1 Å². The highest BCUT2D eigenvalue weighted by molar-refractivity contribution is 6.64. The molecule has 2 aliphatic rings. The first-order valence-electron chi connectivity index (χ1n) is 5.80. The van der Waals surface area contributed by atoms with E-state index in [4.69, 9.17) is 0 Å². The summed E-state index contributed by atoms with van der Waals surface area (Å²) in [5, 5.41) is 0. The molecule has 1 aromatic rings. The summed E-state index contributed by atoms with van der Waals surface area (Å²) in [6.45, 7) is 2.10. The minimum Gasteiger partial charge on any atom is -0.414 e. The summed E-state index contributed by atoms with van der Waals surface area (Å²) in [5.41, 5.74) is 3.07. The molecular weight excluding hydrogens is 169 g/mol. The lowest BCUT2D eigenvalue weighted by Gasteiger charge is -2.24. The van der Waals surface area contributed by atoms with Gasteiger partial charge in [-0.15, -0.1) is 0 Å². The highest BCUT2D eigenvalue weighted by atomic mass is 15.1. The van der Waals surface area contributed by atoms with Crippen molar-refractivity contribution < 1.29 is 0 Å². The summed E-state index contributed by atoms with van der Waals surface area (Å²) in [7, 11) is 0. The molecule has 2 aliphatic heterocycles. The van der Waals surface area contributed by atoms with Crippen LogP contribution in [-0.4, -0.2) is 13.4 Å². The number of rotatable bonds is 1. The summed E-state index contributed by atoms with van der Waals surface area (Å²) < 4.78 is 0. The zero-order valence-electron chi connectivity index (χ0n) is 8.58. The van der Waals surface area contributed by atoms with E-state index >= 15 is 0 Å². The molecule has 1 aromatic carbocycles. The SMILES string of the molecule is c1ccc2c(c1)CCN2B1CCCC1. The van der Waals surface area contributed by atoms with Crippen molar-refractivity contribution in [3.63, 3.8) is 0 Å². The Balaban J connectivity index is 1.89. The van der Waals surface area contributed by atoms with Gasteiger partial charge in [0.1, 0.15) is 0 Å². The number of anilines is 1. The third-order valence-corrected chi connectivity index (χ3v) is 3.69. The van der Waals surface area contributed by atoms with Crippen LogP contribution in [0.25, 0.3) is 0 Å². The van der Waals surface area contributed by atoms with Crippen LogP contribution in [0.3, 0.4) is 0 Å². The smallest absolute Gasteiger partial charge is 0.254 e. The second-order valence-electron chi connectivity index (χ2n) is 4.51. The van der Waals surface area contributed by atoms with Crippen LogP contribution in [0.2, 0.25) is 12.6 Å². The molecule has 0 N–H and O–H groups in total. The molecule has 1 nitrogen and oxygen atoms in total. The summed E-state index contributed by atoms with van der Waals surface area (Å²) in [5.74, 6) is 0. The molecule has 0 spiro atoms. The van der Waals surface area contributed by atoms with E-state index in [-0.39, 0.29) is 0 Å². The molecule has 0 atom stereocenters. The van der Waals surface area contributed by atoms with Crippen molar-refractivity contribution in [2.45, 2.75) is 31.9 Å². The Morgan fingerprint density at radius 2 is 1.86 bits per heavy atom. The first-order chi connectivity index (χ1) is 6.95. The molecule has 72 valence electrons. The molecule has 0 aromatic heterocycles. The maximum absolute atomic E-state index is 2.64. The fourth-order valence-electron chi connectivity index (χ4n) is 2.96. The lowest BCUT2D eigenvalue weighted by Crippen LogP contribution is -2.35. The normalized spacial score (nSPS) is 20.3. The molecule has 1 fully saturated rings. The average Bonchev–Trinajstić information content (AvgIpc) is 2.85. The van der Waals surface area contributed by atoms with Gasteiger partial charge >= 0.3 is 0 Å². The zero-order chi connectivity index (χ0) is 9.38. The van der Waals surface area contributed by atoms with Gasteiger partial charge in [-0.2, -0.15) is 0 Å². The van der Waals surface area contributed by atoms with E-state index in [0.717, 1.165) is 6.85 Å². The average molecular weight is 185 g/mol. The fraction of sp³-hybridized carbons (Fsp3) is 0.500. The van der Waals surface area contributed by atoms with Gasteiger partial charge in [0.15, 0.2) is 0 Å². The van der Waals surface area contributed by atoms with Crippen molar-refractivity contribution in [3.05, 3.63) is 29.8 Å². The molecule has 0 amide bonds. The Kier molecular flexibility index (Phi) is 2.00. The fourth-order valence-corrected chi connectivity index (χ4v) is 2.96. The number of hydrogen-bond acceptors (Lipinski definition) is 1. The second-order valence-corrected chi connectivity index (χ2v) is 4.51. The quantitative estimate of drug-likeness (QED) is 0.608. The number of para-hydroxylation sites is 1. The highest BCUT2D eigenvalue weighted by Gasteiger charge is 2.30. The van der Waals surface area contributed by atoms with Crippen LogP contribution in [0.5, 0.6) is 0 Å². The van der Waals surface area contributed by atoms with Crippen molar-refractivity contribution in [3.8, 4) is 0 Å². The number of hydrogen-bond donors (Lipinski definition) is 0. The molecule has 2 heteroatoms. The number of benzene rings is 1. The van der Waals surface area contributed by atoms with E-state index in [1.54, 1.807) is 5.56 Å². The van der Waals surface area contributed by atoms with Gasteiger partial charge in [0, 0.05) is 12.2 Å². The van der Waals surface area contributed by atoms with Crippen molar-refractivity contribution >= 4 is 12.5 Å². The third kappa shape index (κ3) is 1.25. The molecule has 14 heavy (non-hydrogen) atoms. The number of nitrogens with zero attached hydrogens (tertiary/aromatic N) is 1. The van der Waals surface area contributed by atoms with Gasteiger partial charge in [-0.25, -0.2) is 0 Å². The van der Waals surface area contributed by atoms with Crippen LogP contribution < -0.4 is 4.81 Å². The second kappa shape index (κ2) is 3.34.